The lowest BCUT2D eigenvalue weighted by molar-refractivity contribution is -0.180. The maximum Gasteiger partial charge on any atom is 0.398 e. The molecule has 0 spiro atoms. The van der Waals surface area contributed by atoms with E-state index in [0.29, 0.717) is 5.56 Å². The van der Waals surface area contributed by atoms with E-state index in [1.165, 1.54) is 12.1 Å². The molecule has 3 aromatic rings. The average Bonchev–Trinajstić information content (AvgIpc) is 2.74. The van der Waals surface area contributed by atoms with Gasteiger partial charge in [-0.2, -0.15) is 8.78 Å². The molecule has 0 aromatic heterocycles. The third-order valence-corrected chi connectivity index (χ3v) is 4.88. The molecule has 3 aromatic carbocycles. The predicted molar refractivity (Wildman–Crippen MR) is 106 cm³/mol. The van der Waals surface area contributed by atoms with Crippen molar-refractivity contribution < 1.29 is 35.5 Å². The predicted octanol–water partition coefficient (Wildman–Crippen LogP) is 7.61. The standard InChI is InChI=1S/C24H19F7O/c1-2-3-14-4-6-15(7-5-14)18-9-8-16(21(27)22(18)28)10-11-24(30,31)32-17-12-19(25)23(29)20(26)13-17/h4-9,12-13H,2-3,10-11H2,1H3. The zero-order valence-corrected chi connectivity index (χ0v) is 17.0. The highest BCUT2D eigenvalue weighted by Gasteiger charge is 2.32. The third-order valence-electron chi connectivity index (χ3n) is 4.88. The highest BCUT2D eigenvalue weighted by atomic mass is 19.3. The Morgan fingerprint density at radius 2 is 1.38 bits per heavy atom. The van der Waals surface area contributed by atoms with Gasteiger partial charge in [-0.1, -0.05) is 49.7 Å². The van der Waals surface area contributed by atoms with Crippen LogP contribution >= 0.6 is 0 Å². The molecular formula is C24H19F7O. The van der Waals surface area contributed by atoms with Crippen LogP contribution in [0.4, 0.5) is 30.7 Å². The van der Waals surface area contributed by atoms with Gasteiger partial charge >= 0.3 is 6.11 Å². The average molecular weight is 456 g/mol. The summed E-state index contributed by atoms with van der Waals surface area (Å²) in [5, 5.41) is 0. The van der Waals surface area contributed by atoms with Gasteiger partial charge in [0.1, 0.15) is 5.75 Å². The van der Waals surface area contributed by atoms with Crippen LogP contribution in [0.2, 0.25) is 0 Å². The van der Waals surface area contributed by atoms with E-state index in [0.717, 1.165) is 18.4 Å². The van der Waals surface area contributed by atoms with Crippen molar-refractivity contribution >= 4 is 0 Å². The van der Waals surface area contributed by atoms with Crippen LogP contribution in [0, 0.1) is 29.1 Å². The topological polar surface area (TPSA) is 9.23 Å². The molecule has 3 rings (SSSR count). The number of alkyl halides is 2. The van der Waals surface area contributed by atoms with Gasteiger partial charge in [0, 0.05) is 17.7 Å². The molecule has 0 amide bonds. The number of rotatable bonds is 8. The maximum absolute atomic E-state index is 14.6. The Labute approximate surface area is 180 Å². The molecule has 32 heavy (non-hydrogen) atoms. The van der Waals surface area contributed by atoms with Crippen molar-refractivity contribution in [3.8, 4) is 16.9 Å². The largest absolute Gasteiger partial charge is 0.432 e. The van der Waals surface area contributed by atoms with E-state index in [-0.39, 0.29) is 23.3 Å². The smallest absolute Gasteiger partial charge is 0.398 e. The highest BCUT2D eigenvalue weighted by molar-refractivity contribution is 5.65. The Balaban J connectivity index is 1.73. The molecule has 0 atom stereocenters. The Kier molecular flexibility index (Phi) is 7.11. The van der Waals surface area contributed by atoms with Gasteiger partial charge in [0.05, 0.1) is 6.42 Å². The molecule has 0 heterocycles. The van der Waals surface area contributed by atoms with Gasteiger partial charge < -0.3 is 4.74 Å². The van der Waals surface area contributed by atoms with Crippen LogP contribution in [0.1, 0.15) is 30.9 Å². The summed E-state index contributed by atoms with van der Waals surface area (Å²) in [5.74, 6) is -8.57. The number of hydrogen-bond donors (Lipinski definition) is 0. The number of hydrogen-bond acceptors (Lipinski definition) is 1. The van der Waals surface area contributed by atoms with Gasteiger partial charge in [-0.15, -0.1) is 0 Å². The maximum atomic E-state index is 14.6. The lowest BCUT2D eigenvalue weighted by Gasteiger charge is -2.18. The second kappa shape index (κ2) is 9.63. The van der Waals surface area contributed by atoms with E-state index in [9.17, 15) is 30.7 Å². The first-order chi connectivity index (χ1) is 15.1. The number of halogens is 7. The van der Waals surface area contributed by atoms with E-state index in [4.69, 9.17) is 0 Å². The lowest BCUT2D eigenvalue weighted by atomic mass is 9.99. The molecule has 0 aliphatic heterocycles. The molecule has 1 nitrogen and oxygen atoms in total. The van der Waals surface area contributed by atoms with E-state index in [1.54, 1.807) is 12.1 Å². The summed E-state index contributed by atoms with van der Waals surface area (Å²) in [4.78, 5) is 0. The zero-order valence-electron chi connectivity index (χ0n) is 17.0. The second-order valence-corrected chi connectivity index (χ2v) is 7.29. The molecule has 170 valence electrons. The van der Waals surface area contributed by atoms with Gasteiger partial charge in [0.2, 0.25) is 0 Å². The molecular weight excluding hydrogens is 437 g/mol. The Hall–Kier alpha value is -3.03. The van der Waals surface area contributed by atoms with Gasteiger partial charge in [-0.05, 0) is 29.5 Å². The third kappa shape index (κ3) is 5.41. The van der Waals surface area contributed by atoms with E-state index in [2.05, 4.69) is 4.74 Å². The molecule has 8 heteroatoms. The Morgan fingerprint density at radius 3 is 1.97 bits per heavy atom. The molecule has 0 unspecified atom stereocenters. The Morgan fingerprint density at radius 1 is 0.750 bits per heavy atom. The summed E-state index contributed by atoms with van der Waals surface area (Å²) in [6.07, 6.45) is -3.89. The normalized spacial score (nSPS) is 11.6. The first-order valence-corrected chi connectivity index (χ1v) is 9.89. The molecule has 0 radical (unpaired) electrons. The summed E-state index contributed by atoms with van der Waals surface area (Å²) in [6, 6.07) is 9.97. The van der Waals surface area contributed by atoms with Crippen molar-refractivity contribution in [3.05, 3.63) is 88.7 Å². The van der Waals surface area contributed by atoms with Crippen LogP contribution in [0.15, 0.2) is 48.5 Å². The fourth-order valence-corrected chi connectivity index (χ4v) is 3.24. The van der Waals surface area contributed by atoms with Crippen LogP contribution in [0.25, 0.3) is 11.1 Å². The van der Waals surface area contributed by atoms with Crippen molar-refractivity contribution in [2.24, 2.45) is 0 Å². The second-order valence-electron chi connectivity index (χ2n) is 7.29. The number of ether oxygens (including phenoxy) is 1. The van der Waals surface area contributed by atoms with E-state index >= 15 is 0 Å². The van der Waals surface area contributed by atoms with Crippen LogP contribution in [0.3, 0.4) is 0 Å². The quantitative estimate of drug-likeness (QED) is 0.250. The van der Waals surface area contributed by atoms with Crippen molar-refractivity contribution in [2.45, 2.75) is 38.7 Å². The van der Waals surface area contributed by atoms with E-state index < -0.39 is 53.8 Å². The van der Waals surface area contributed by atoms with Crippen molar-refractivity contribution in [1.82, 2.24) is 0 Å². The number of benzene rings is 3. The van der Waals surface area contributed by atoms with Crippen molar-refractivity contribution in [3.63, 3.8) is 0 Å². The molecule has 0 aliphatic carbocycles. The monoisotopic (exact) mass is 456 g/mol. The molecule has 0 saturated heterocycles. The van der Waals surface area contributed by atoms with Crippen LogP contribution < -0.4 is 4.74 Å². The van der Waals surface area contributed by atoms with Crippen LogP contribution in [0.5, 0.6) is 5.75 Å². The summed E-state index contributed by atoms with van der Waals surface area (Å²) in [5.41, 5.74) is 1.18. The minimum Gasteiger partial charge on any atom is -0.432 e. The molecule has 0 fully saturated rings. The van der Waals surface area contributed by atoms with Gasteiger partial charge in [-0.25, -0.2) is 22.0 Å². The Bertz CT molecular complexity index is 1070. The first-order valence-electron chi connectivity index (χ1n) is 9.89. The molecule has 0 aliphatic rings. The minimum atomic E-state index is -3.96. The first kappa shape index (κ1) is 23.6. The molecule has 0 saturated carbocycles. The van der Waals surface area contributed by atoms with Crippen LogP contribution in [-0.4, -0.2) is 6.11 Å². The number of aryl methyl sites for hydroxylation is 2. The van der Waals surface area contributed by atoms with Gasteiger partial charge in [-0.3, -0.25) is 0 Å². The summed E-state index contributed by atoms with van der Waals surface area (Å²) in [7, 11) is 0. The lowest BCUT2D eigenvalue weighted by Crippen LogP contribution is -2.26. The van der Waals surface area contributed by atoms with Crippen molar-refractivity contribution in [1.29, 1.82) is 0 Å². The summed E-state index contributed by atoms with van der Waals surface area (Å²) < 4.78 is 101. The summed E-state index contributed by atoms with van der Waals surface area (Å²) >= 11 is 0. The summed E-state index contributed by atoms with van der Waals surface area (Å²) in [6.45, 7) is 2.02. The molecule has 0 bridgehead atoms. The fourth-order valence-electron chi connectivity index (χ4n) is 3.24. The highest BCUT2D eigenvalue weighted by Crippen LogP contribution is 2.31. The fraction of sp³-hybridized carbons (Fsp3) is 0.250. The molecule has 0 N–H and O–H groups in total. The van der Waals surface area contributed by atoms with Crippen LogP contribution in [-0.2, 0) is 12.8 Å². The van der Waals surface area contributed by atoms with Gasteiger partial charge in [0.25, 0.3) is 0 Å². The van der Waals surface area contributed by atoms with Crippen molar-refractivity contribution in [2.75, 3.05) is 0 Å². The zero-order chi connectivity index (χ0) is 23.5. The van der Waals surface area contributed by atoms with Gasteiger partial charge in [0.15, 0.2) is 29.1 Å². The SMILES string of the molecule is CCCc1ccc(-c2ccc(CCC(F)(F)Oc3cc(F)c(F)c(F)c3)c(F)c2F)cc1. The van der Waals surface area contributed by atoms with E-state index in [1.807, 2.05) is 19.1 Å². The minimum absolute atomic E-state index is 0.00503.